The Balaban J connectivity index is 1.69. The average Bonchev–Trinajstić information content (AvgIpc) is 3.00. The number of hydrogen-bond acceptors (Lipinski definition) is 4. The molecule has 27 heavy (non-hydrogen) atoms. The van der Waals surface area contributed by atoms with Crippen LogP contribution in [0.25, 0.3) is 0 Å². The van der Waals surface area contributed by atoms with Gasteiger partial charge in [-0.15, -0.1) is 0 Å². The molecule has 0 saturated carbocycles. The van der Waals surface area contributed by atoms with E-state index < -0.39 is 10.0 Å². The molecular weight excluding hydrogens is 388 g/mol. The highest BCUT2D eigenvalue weighted by atomic mass is 35.5. The summed E-state index contributed by atoms with van der Waals surface area (Å²) in [7, 11) is -3.70. The largest absolute Gasteiger partial charge is 0.378 e. The maximum atomic E-state index is 13.0. The predicted molar refractivity (Wildman–Crippen MR) is 105 cm³/mol. The van der Waals surface area contributed by atoms with E-state index >= 15 is 0 Å². The fourth-order valence-electron chi connectivity index (χ4n) is 3.58. The van der Waals surface area contributed by atoms with Crippen molar-refractivity contribution in [3.05, 3.63) is 28.8 Å². The van der Waals surface area contributed by atoms with Crippen LogP contribution in [0.4, 0.5) is 0 Å². The van der Waals surface area contributed by atoms with Crippen LogP contribution in [-0.2, 0) is 14.8 Å². The number of rotatable bonds is 6. The molecule has 1 amide bonds. The Bertz CT molecular complexity index is 755. The number of carbonyl (C=O) groups is 1. The molecule has 2 aliphatic rings. The Labute approximate surface area is 166 Å². The van der Waals surface area contributed by atoms with Gasteiger partial charge in [0.15, 0.2) is 0 Å². The summed E-state index contributed by atoms with van der Waals surface area (Å²) in [5, 5.41) is 2.99. The van der Waals surface area contributed by atoms with E-state index in [1.807, 2.05) is 0 Å². The first-order valence-corrected chi connectivity index (χ1v) is 11.5. The number of amides is 1. The average molecular weight is 415 g/mol. The molecule has 1 atom stereocenters. The molecule has 0 aliphatic carbocycles. The molecule has 0 bridgehead atoms. The lowest BCUT2D eigenvalue weighted by Gasteiger charge is -2.21. The van der Waals surface area contributed by atoms with E-state index in [-0.39, 0.29) is 21.9 Å². The van der Waals surface area contributed by atoms with Crippen LogP contribution in [0.2, 0.25) is 5.02 Å². The molecule has 1 aromatic carbocycles. The number of benzene rings is 1. The van der Waals surface area contributed by atoms with Gasteiger partial charge in [-0.05, 0) is 50.3 Å². The second-order valence-electron chi connectivity index (χ2n) is 7.14. The third kappa shape index (κ3) is 5.22. The second kappa shape index (κ2) is 9.37. The van der Waals surface area contributed by atoms with Gasteiger partial charge in [-0.2, -0.15) is 4.31 Å². The van der Waals surface area contributed by atoms with Crippen LogP contribution in [-0.4, -0.2) is 51.0 Å². The monoisotopic (exact) mass is 414 g/mol. The molecule has 150 valence electrons. The Morgan fingerprint density at radius 3 is 2.59 bits per heavy atom. The highest BCUT2D eigenvalue weighted by Gasteiger charge is 2.28. The summed E-state index contributed by atoms with van der Waals surface area (Å²) in [6, 6.07) is 4.44. The van der Waals surface area contributed by atoms with Crippen molar-refractivity contribution < 1.29 is 17.9 Å². The topological polar surface area (TPSA) is 75.7 Å². The van der Waals surface area contributed by atoms with Crippen molar-refractivity contribution in [1.29, 1.82) is 0 Å². The molecular formula is C19H27ClN2O4S. The van der Waals surface area contributed by atoms with Crippen LogP contribution in [0.15, 0.2) is 23.1 Å². The van der Waals surface area contributed by atoms with E-state index in [4.69, 9.17) is 16.3 Å². The molecule has 0 radical (unpaired) electrons. The van der Waals surface area contributed by atoms with Gasteiger partial charge in [0.1, 0.15) is 4.90 Å². The van der Waals surface area contributed by atoms with Gasteiger partial charge in [-0.3, -0.25) is 4.79 Å². The summed E-state index contributed by atoms with van der Waals surface area (Å²) >= 11 is 6.18. The predicted octanol–water partition coefficient (Wildman–Crippen LogP) is 3.20. The van der Waals surface area contributed by atoms with Gasteiger partial charge in [0.2, 0.25) is 10.0 Å². The molecule has 2 fully saturated rings. The summed E-state index contributed by atoms with van der Waals surface area (Å²) in [5.74, 6) is -0.294. The second-order valence-corrected chi connectivity index (χ2v) is 9.46. The lowest BCUT2D eigenvalue weighted by Crippen LogP contribution is -2.32. The number of carbonyl (C=O) groups excluding carboxylic acids is 1. The van der Waals surface area contributed by atoms with E-state index in [1.54, 1.807) is 6.07 Å². The van der Waals surface area contributed by atoms with Gasteiger partial charge in [-0.1, -0.05) is 24.4 Å². The van der Waals surface area contributed by atoms with Crippen molar-refractivity contribution >= 4 is 27.5 Å². The van der Waals surface area contributed by atoms with Gasteiger partial charge in [0.25, 0.3) is 5.91 Å². The van der Waals surface area contributed by atoms with Crippen LogP contribution in [0, 0.1) is 0 Å². The number of nitrogens with zero attached hydrogens (tertiary/aromatic N) is 1. The number of ether oxygens (including phenoxy) is 1. The fourth-order valence-corrected chi connectivity index (χ4v) is 5.60. The molecule has 6 nitrogen and oxygen atoms in total. The first-order valence-electron chi connectivity index (χ1n) is 9.68. The lowest BCUT2D eigenvalue weighted by atomic mass is 10.1. The highest BCUT2D eigenvalue weighted by molar-refractivity contribution is 7.89. The first kappa shape index (κ1) is 20.6. The third-order valence-corrected chi connectivity index (χ3v) is 7.53. The normalized spacial score (nSPS) is 21.7. The van der Waals surface area contributed by atoms with Crippen LogP contribution in [0.1, 0.15) is 55.3 Å². The minimum atomic E-state index is -3.70. The summed E-state index contributed by atoms with van der Waals surface area (Å²) in [5.41, 5.74) is 0.306. The number of sulfonamides is 1. The first-order chi connectivity index (χ1) is 13.0. The van der Waals surface area contributed by atoms with E-state index in [2.05, 4.69) is 5.32 Å². The van der Waals surface area contributed by atoms with Crippen molar-refractivity contribution in [1.82, 2.24) is 9.62 Å². The Hall–Kier alpha value is -1.15. The molecule has 1 aromatic rings. The standard InChI is InChI=1S/C19H27ClN2O4S/c20-17-8-7-15(19(23)21-10-9-16-6-5-13-26-16)14-18(17)27(24,25)22-11-3-1-2-4-12-22/h7-8,14,16H,1-6,9-13H2,(H,21,23). The van der Waals surface area contributed by atoms with Crippen LogP contribution in [0.3, 0.4) is 0 Å². The summed E-state index contributed by atoms with van der Waals surface area (Å²) in [6.07, 6.45) is 6.82. The summed E-state index contributed by atoms with van der Waals surface area (Å²) in [6.45, 7) is 2.28. The van der Waals surface area contributed by atoms with Gasteiger partial charge >= 0.3 is 0 Å². The van der Waals surface area contributed by atoms with Crippen molar-refractivity contribution in [3.63, 3.8) is 0 Å². The number of nitrogens with one attached hydrogen (secondary N) is 1. The molecule has 1 N–H and O–H groups in total. The zero-order chi connectivity index (χ0) is 19.3. The van der Waals surface area contributed by atoms with Crippen molar-refractivity contribution in [2.45, 2.75) is 55.9 Å². The Kier molecular flexibility index (Phi) is 7.14. The molecule has 8 heteroatoms. The van der Waals surface area contributed by atoms with E-state index in [9.17, 15) is 13.2 Å². The van der Waals surface area contributed by atoms with Gasteiger partial charge in [-0.25, -0.2) is 8.42 Å². The molecule has 0 aromatic heterocycles. The van der Waals surface area contributed by atoms with E-state index in [0.29, 0.717) is 25.2 Å². The maximum Gasteiger partial charge on any atom is 0.251 e. The minimum absolute atomic E-state index is 0.0119. The van der Waals surface area contributed by atoms with E-state index in [1.165, 1.54) is 16.4 Å². The van der Waals surface area contributed by atoms with Gasteiger partial charge in [0.05, 0.1) is 11.1 Å². The molecule has 2 saturated heterocycles. The maximum absolute atomic E-state index is 13.0. The smallest absolute Gasteiger partial charge is 0.251 e. The van der Waals surface area contributed by atoms with Crippen molar-refractivity contribution in [2.24, 2.45) is 0 Å². The van der Waals surface area contributed by atoms with Crippen LogP contribution >= 0.6 is 11.6 Å². The van der Waals surface area contributed by atoms with Gasteiger partial charge < -0.3 is 10.1 Å². The SMILES string of the molecule is O=C(NCCC1CCCO1)c1ccc(Cl)c(S(=O)(=O)N2CCCCCC2)c1. The van der Waals surface area contributed by atoms with Crippen molar-refractivity contribution in [3.8, 4) is 0 Å². The van der Waals surface area contributed by atoms with Gasteiger partial charge in [0, 0.05) is 31.8 Å². The number of hydrogen-bond donors (Lipinski definition) is 1. The molecule has 3 rings (SSSR count). The highest BCUT2D eigenvalue weighted by Crippen LogP contribution is 2.27. The Morgan fingerprint density at radius 2 is 1.93 bits per heavy atom. The zero-order valence-corrected chi connectivity index (χ0v) is 17.0. The third-order valence-electron chi connectivity index (χ3n) is 5.15. The molecule has 1 unspecified atom stereocenters. The minimum Gasteiger partial charge on any atom is -0.378 e. The summed E-state index contributed by atoms with van der Waals surface area (Å²) in [4.78, 5) is 12.4. The molecule has 2 heterocycles. The van der Waals surface area contributed by atoms with Crippen molar-refractivity contribution in [2.75, 3.05) is 26.2 Å². The van der Waals surface area contributed by atoms with E-state index in [0.717, 1.165) is 51.6 Å². The summed E-state index contributed by atoms with van der Waals surface area (Å²) < 4.78 is 33.1. The Morgan fingerprint density at radius 1 is 1.19 bits per heavy atom. The quantitative estimate of drug-likeness (QED) is 0.775. The van der Waals surface area contributed by atoms with Crippen LogP contribution < -0.4 is 5.32 Å². The lowest BCUT2D eigenvalue weighted by molar-refractivity contribution is 0.0907. The molecule has 2 aliphatic heterocycles. The zero-order valence-electron chi connectivity index (χ0n) is 15.5. The molecule has 0 spiro atoms. The van der Waals surface area contributed by atoms with Crippen LogP contribution in [0.5, 0.6) is 0 Å². The fraction of sp³-hybridized carbons (Fsp3) is 0.632. The number of halogens is 1.